The highest BCUT2D eigenvalue weighted by Crippen LogP contribution is 2.19. The van der Waals surface area contributed by atoms with E-state index in [4.69, 9.17) is 0 Å². The van der Waals surface area contributed by atoms with Gasteiger partial charge >= 0.3 is 0 Å². The van der Waals surface area contributed by atoms with Crippen LogP contribution in [0.5, 0.6) is 0 Å². The average molecular weight is 301 g/mol. The van der Waals surface area contributed by atoms with E-state index in [2.05, 4.69) is 23.8 Å². The van der Waals surface area contributed by atoms with Crippen LogP contribution in [0.1, 0.15) is 15.9 Å². The summed E-state index contributed by atoms with van der Waals surface area (Å²) >= 11 is 0. The monoisotopic (exact) mass is 301 g/mol. The normalized spacial score (nSPS) is 9.73. The van der Waals surface area contributed by atoms with Gasteiger partial charge in [-0.15, -0.1) is 13.2 Å². The molecule has 5 nitrogen and oxygen atoms in total. The van der Waals surface area contributed by atoms with E-state index in [0.29, 0.717) is 24.3 Å². The fourth-order valence-electron chi connectivity index (χ4n) is 2.11. The highest BCUT2D eigenvalue weighted by Gasteiger charge is 2.15. The van der Waals surface area contributed by atoms with Crippen LogP contribution in [0.25, 0.3) is 0 Å². The van der Waals surface area contributed by atoms with E-state index < -0.39 is 0 Å². The van der Waals surface area contributed by atoms with Gasteiger partial charge in [0.25, 0.3) is 5.91 Å². The molecule has 0 aliphatic carbocycles. The Balaban J connectivity index is 2.85. The summed E-state index contributed by atoms with van der Waals surface area (Å²) in [6.07, 6.45) is 3.34. The van der Waals surface area contributed by atoms with E-state index in [1.165, 1.54) is 0 Å². The number of carbonyl (C=O) groups is 2. The number of anilines is 1. The fraction of sp³-hybridized carbons (Fsp3) is 0.294. The number of hydrogen-bond donors (Lipinski definition) is 2. The number of nitrogens with zero attached hydrogens (tertiary/aromatic N) is 1. The SMILES string of the molecule is C=CCN(CC=C)C(=O)CNc1cccc(C)c1C(=O)NC. The summed E-state index contributed by atoms with van der Waals surface area (Å²) in [5.41, 5.74) is 2.05. The predicted octanol–water partition coefficient (Wildman–Crippen LogP) is 1.97. The molecule has 22 heavy (non-hydrogen) atoms. The van der Waals surface area contributed by atoms with Gasteiger partial charge in [0, 0.05) is 25.8 Å². The summed E-state index contributed by atoms with van der Waals surface area (Å²) in [4.78, 5) is 25.8. The van der Waals surface area contributed by atoms with E-state index in [1.807, 2.05) is 19.1 Å². The van der Waals surface area contributed by atoms with Crippen molar-refractivity contribution in [3.05, 3.63) is 54.6 Å². The van der Waals surface area contributed by atoms with Gasteiger partial charge in [-0.3, -0.25) is 9.59 Å². The molecule has 0 aliphatic heterocycles. The second-order valence-electron chi connectivity index (χ2n) is 4.81. The summed E-state index contributed by atoms with van der Waals surface area (Å²) < 4.78 is 0. The van der Waals surface area contributed by atoms with Crippen molar-refractivity contribution in [3.63, 3.8) is 0 Å². The van der Waals surface area contributed by atoms with Crippen molar-refractivity contribution in [2.75, 3.05) is 32.0 Å². The number of aryl methyl sites for hydroxylation is 1. The first-order valence-electron chi connectivity index (χ1n) is 7.10. The first-order valence-corrected chi connectivity index (χ1v) is 7.10. The Labute approximate surface area is 131 Å². The van der Waals surface area contributed by atoms with Gasteiger partial charge in [-0.2, -0.15) is 0 Å². The molecule has 2 N–H and O–H groups in total. The van der Waals surface area contributed by atoms with Crippen molar-refractivity contribution in [1.82, 2.24) is 10.2 Å². The van der Waals surface area contributed by atoms with Crippen molar-refractivity contribution in [3.8, 4) is 0 Å². The van der Waals surface area contributed by atoms with Gasteiger partial charge in [-0.25, -0.2) is 0 Å². The smallest absolute Gasteiger partial charge is 0.253 e. The number of hydrogen-bond acceptors (Lipinski definition) is 3. The Kier molecular flexibility index (Phi) is 6.89. The van der Waals surface area contributed by atoms with E-state index in [9.17, 15) is 9.59 Å². The molecule has 5 heteroatoms. The second kappa shape index (κ2) is 8.67. The maximum absolute atomic E-state index is 12.2. The minimum absolute atomic E-state index is 0.0795. The predicted molar refractivity (Wildman–Crippen MR) is 90.0 cm³/mol. The molecule has 2 amide bonds. The summed E-state index contributed by atoms with van der Waals surface area (Å²) in [6, 6.07) is 5.50. The Morgan fingerprint density at radius 3 is 2.41 bits per heavy atom. The minimum atomic E-state index is -0.179. The molecule has 1 aromatic rings. The molecular weight excluding hydrogens is 278 g/mol. The third kappa shape index (κ3) is 4.48. The number of carbonyl (C=O) groups excluding carboxylic acids is 2. The number of amides is 2. The maximum atomic E-state index is 12.2. The number of rotatable bonds is 8. The van der Waals surface area contributed by atoms with Crippen molar-refractivity contribution >= 4 is 17.5 Å². The van der Waals surface area contributed by atoms with Gasteiger partial charge in [0.2, 0.25) is 5.91 Å². The molecule has 1 aromatic carbocycles. The summed E-state index contributed by atoms with van der Waals surface area (Å²) in [6.45, 7) is 10.2. The van der Waals surface area contributed by atoms with Crippen LogP contribution >= 0.6 is 0 Å². The zero-order valence-electron chi connectivity index (χ0n) is 13.2. The van der Waals surface area contributed by atoms with Gasteiger partial charge in [-0.1, -0.05) is 24.3 Å². The highest BCUT2D eigenvalue weighted by molar-refractivity contribution is 6.01. The zero-order valence-corrected chi connectivity index (χ0v) is 13.2. The maximum Gasteiger partial charge on any atom is 0.253 e. The molecule has 0 saturated carbocycles. The minimum Gasteiger partial charge on any atom is -0.375 e. The summed E-state index contributed by atoms with van der Waals surface area (Å²) in [7, 11) is 1.58. The van der Waals surface area contributed by atoms with E-state index in [1.54, 1.807) is 30.2 Å². The van der Waals surface area contributed by atoms with Crippen LogP contribution in [0.3, 0.4) is 0 Å². The van der Waals surface area contributed by atoms with Gasteiger partial charge < -0.3 is 15.5 Å². The van der Waals surface area contributed by atoms with Crippen LogP contribution in [0.2, 0.25) is 0 Å². The second-order valence-corrected chi connectivity index (χ2v) is 4.81. The lowest BCUT2D eigenvalue weighted by molar-refractivity contribution is -0.128. The van der Waals surface area contributed by atoms with Gasteiger partial charge in [0.1, 0.15) is 0 Å². The molecule has 0 fully saturated rings. The van der Waals surface area contributed by atoms with Crippen molar-refractivity contribution in [2.24, 2.45) is 0 Å². The fourth-order valence-corrected chi connectivity index (χ4v) is 2.11. The topological polar surface area (TPSA) is 61.4 Å². The average Bonchev–Trinajstić information content (AvgIpc) is 2.51. The molecule has 0 aliphatic rings. The molecular formula is C17H23N3O2. The Hall–Kier alpha value is -2.56. The van der Waals surface area contributed by atoms with Crippen molar-refractivity contribution in [1.29, 1.82) is 0 Å². The molecule has 0 aromatic heterocycles. The molecule has 118 valence electrons. The summed E-state index contributed by atoms with van der Waals surface area (Å²) in [5.74, 6) is -0.258. The highest BCUT2D eigenvalue weighted by atomic mass is 16.2. The van der Waals surface area contributed by atoms with Crippen LogP contribution in [-0.4, -0.2) is 43.4 Å². The number of nitrogens with one attached hydrogen (secondary N) is 2. The van der Waals surface area contributed by atoms with Crippen LogP contribution in [-0.2, 0) is 4.79 Å². The van der Waals surface area contributed by atoms with Gasteiger partial charge in [0.05, 0.1) is 12.1 Å². The lowest BCUT2D eigenvalue weighted by Gasteiger charge is -2.20. The molecule has 0 unspecified atom stereocenters. The Bertz CT molecular complexity index is 557. The lowest BCUT2D eigenvalue weighted by atomic mass is 10.1. The van der Waals surface area contributed by atoms with Crippen LogP contribution < -0.4 is 10.6 Å². The standard InChI is InChI=1S/C17H23N3O2/c1-5-10-20(11-6-2)15(21)12-19-14-9-7-8-13(3)16(14)17(22)18-4/h5-9,19H,1-2,10-12H2,3-4H3,(H,18,22). The molecule has 0 bridgehead atoms. The van der Waals surface area contributed by atoms with Crippen LogP contribution in [0.4, 0.5) is 5.69 Å². The van der Waals surface area contributed by atoms with Crippen LogP contribution in [0.15, 0.2) is 43.5 Å². The first-order chi connectivity index (χ1) is 10.5. The molecule has 0 atom stereocenters. The Morgan fingerprint density at radius 1 is 1.23 bits per heavy atom. The Morgan fingerprint density at radius 2 is 1.86 bits per heavy atom. The number of benzene rings is 1. The van der Waals surface area contributed by atoms with E-state index >= 15 is 0 Å². The molecule has 0 spiro atoms. The molecule has 0 radical (unpaired) electrons. The van der Waals surface area contributed by atoms with Crippen molar-refractivity contribution in [2.45, 2.75) is 6.92 Å². The molecule has 0 saturated heterocycles. The van der Waals surface area contributed by atoms with Crippen LogP contribution in [0, 0.1) is 6.92 Å². The molecule has 1 rings (SSSR count). The molecule has 0 heterocycles. The quantitative estimate of drug-likeness (QED) is 0.722. The third-order valence-electron chi connectivity index (χ3n) is 3.21. The van der Waals surface area contributed by atoms with Crippen molar-refractivity contribution < 1.29 is 9.59 Å². The largest absolute Gasteiger partial charge is 0.375 e. The van der Waals surface area contributed by atoms with E-state index in [-0.39, 0.29) is 18.4 Å². The first kappa shape index (κ1) is 17.5. The van der Waals surface area contributed by atoms with Gasteiger partial charge in [0.15, 0.2) is 0 Å². The third-order valence-corrected chi connectivity index (χ3v) is 3.21. The van der Waals surface area contributed by atoms with E-state index in [0.717, 1.165) is 5.56 Å². The zero-order chi connectivity index (χ0) is 16.5. The summed E-state index contributed by atoms with van der Waals surface area (Å²) in [5, 5.41) is 5.66. The lowest BCUT2D eigenvalue weighted by Crippen LogP contribution is -2.36. The van der Waals surface area contributed by atoms with Gasteiger partial charge in [-0.05, 0) is 18.6 Å².